The molecule has 7 N–H and O–H groups in total. The van der Waals surface area contributed by atoms with Crippen LogP contribution in [0.25, 0.3) is 0 Å². The smallest absolute Gasteiger partial charge is 0.490 e. The minimum absolute atomic E-state index is 0.00873. The third-order valence-electron chi connectivity index (χ3n) is 4.31. The van der Waals surface area contributed by atoms with Gasteiger partial charge in [0.1, 0.15) is 11.9 Å². The monoisotopic (exact) mass is 513 g/mol. The molecule has 2 rings (SSSR count). The number of hydrogen-bond acceptors (Lipinski definition) is 7. The normalized spacial score (nSPS) is 11.6. The van der Waals surface area contributed by atoms with Crippen LogP contribution < -0.4 is 26.4 Å². The van der Waals surface area contributed by atoms with Gasteiger partial charge in [-0.05, 0) is 62.7 Å². The van der Waals surface area contributed by atoms with Gasteiger partial charge in [0.25, 0.3) is 5.91 Å². The average Bonchev–Trinajstić information content (AvgIpc) is 2.78. The third-order valence-corrected chi connectivity index (χ3v) is 4.31. The van der Waals surface area contributed by atoms with Crippen molar-refractivity contribution in [2.75, 3.05) is 19.0 Å². The number of rotatable bonds is 9. The van der Waals surface area contributed by atoms with Crippen molar-refractivity contribution in [1.82, 2.24) is 5.01 Å². The van der Waals surface area contributed by atoms with E-state index in [2.05, 4.69) is 5.32 Å². The predicted molar refractivity (Wildman–Crippen MR) is 128 cm³/mol. The van der Waals surface area contributed by atoms with Crippen LogP contribution in [-0.4, -0.2) is 53.8 Å². The summed E-state index contributed by atoms with van der Waals surface area (Å²) in [6, 6.07) is 11.6. The van der Waals surface area contributed by atoms with E-state index >= 15 is 0 Å². The van der Waals surface area contributed by atoms with Crippen LogP contribution in [0, 0.1) is 5.41 Å². The summed E-state index contributed by atoms with van der Waals surface area (Å²) in [7, 11) is 1.50. The van der Waals surface area contributed by atoms with Crippen LogP contribution in [0.15, 0.2) is 42.5 Å². The van der Waals surface area contributed by atoms with Crippen LogP contribution in [0.4, 0.5) is 18.9 Å². The van der Waals surface area contributed by atoms with Gasteiger partial charge in [0.2, 0.25) is 0 Å². The van der Waals surface area contributed by atoms with Gasteiger partial charge >= 0.3 is 12.1 Å². The van der Waals surface area contributed by atoms with Gasteiger partial charge in [-0.2, -0.15) is 13.2 Å². The fourth-order valence-electron chi connectivity index (χ4n) is 2.73. The molecule has 0 saturated heterocycles. The Balaban J connectivity index is 0.000000809. The molecular weight excluding hydrogens is 483 g/mol. The topological polar surface area (TPSA) is 164 Å². The fourth-order valence-corrected chi connectivity index (χ4v) is 2.73. The second-order valence-electron chi connectivity index (χ2n) is 7.63. The molecule has 13 heteroatoms. The highest BCUT2D eigenvalue weighted by Crippen LogP contribution is 2.33. The summed E-state index contributed by atoms with van der Waals surface area (Å²) < 4.78 is 43.2. The van der Waals surface area contributed by atoms with Crippen molar-refractivity contribution in [2.24, 2.45) is 11.6 Å². The number of alkyl halides is 3. The molecule has 2 aromatic rings. The van der Waals surface area contributed by atoms with Crippen LogP contribution in [-0.2, 0) is 9.59 Å². The summed E-state index contributed by atoms with van der Waals surface area (Å²) >= 11 is 0. The molecule has 0 fully saturated rings. The zero-order chi connectivity index (χ0) is 27.6. The van der Waals surface area contributed by atoms with E-state index in [1.807, 2.05) is 26.8 Å². The van der Waals surface area contributed by atoms with Gasteiger partial charge in [0, 0.05) is 18.3 Å². The van der Waals surface area contributed by atoms with Crippen LogP contribution in [0.1, 0.15) is 37.9 Å². The number of ether oxygens (including phenoxy) is 2. The van der Waals surface area contributed by atoms with Gasteiger partial charge in [-0.3, -0.25) is 15.2 Å². The van der Waals surface area contributed by atoms with Gasteiger partial charge in [0.15, 0.2) is 11.5 Å². The lowest BCUT2D eigenvalue weighted by molar-refractivity contribution is -0.192. The third kappa shape index (κ3) is 9.33. The molecule has 0 aliphatic rings. The van der Waals surface area contributed by atoms with Gasteiger partial charge < -0.3 is 25.6 Å². The first-order valence-corrected chi connectivity index (χ1v) is 10.6. The number of likely N-dealkylation sites (N-methyl/N-ethyl adjacent to an activating group) is 1. The number of halogens is 3. The fraction of sp³-hybridized carbons (Fsp3) is 0.348. The number of carbonyl (C=O) groups is 2. The van der Waals surface area contributed by atoms with Gasteiger partial charge in [-0.1, -0.05) is 6.07 Å². The van der Waals surface area contributed by atoms with Crippen molar-refractivity contribution in [3.05, 3.63) is 53.6 Å². The molecule has 1 unspecified atom stereocenters. The number of carbonyl (C=O) groups excluding carboxylic acids is 1. The molecule has 1 amide bonds. The highest BCUT2D eigenvalue weighted by Gasteiger charge is 2.38. The Bertz CT molecular complexity index is 1040. The van der Waals surface area contributed by atoms with E-state index in [1.54, 1.807) is 36.4 Å². The number of nitrogen functional groups attached to an aromatic ring is 1. The SMILES string of the molecule is CCOc1cc(C(Nc2ccc(C(=N)N)cc2)C(=O)N(C)N)ccc1OC(C)C.O=C(O)C(F)(F)F. The van der Waals surface area contributed by atoms with Crippen molar-refractivity contribution in [3.63, 3.8) is 0 Å². The minimum atomic E-state index is -5.08. The lowest BCUT2D eigenvalue weighted by Crippen LogP contribution is -2.39. The van der Waals surface area contributed by atoms with Gasteiger partial charge in [-0.15, -0.1) is 0 Å². The lowest BCUT2D eigenvalue weighted by Gasteiger charge is -2.24. The van der Waals surface area contributed by atoms with E-state index in [-0.39, 0.29) is 17.8 Å². The maximum Gasteiger partial charge on any atom is 0.490 e. The number of benzene rings is 2. The summed E-state index contributed by atoms with van der Waals surface area (Å²) in [6.45, 7) is 6.22. The summed E-state index contributed by atoms with van der Waals surface area (Å²) in [4.78, 5) is 21.7. The number of nitrogens with two attached hydrogens (primary N) is 2. The van der Waals surface area contributed by atoms with E-state index in [0.717, 1.165) is 5.01 Å². The molecule has 0 aliphatic heterocycles. The van der Waals surface area contributed by atoms with Crippen molar-refractivity contribution in [2.45, 2.75) is 39.1 Å². The lowest BCUT2D eigenvalue weighted by atomic mass is 10.0. The van der Waals surface area contributed by atoms with E-state index in [1.165, 1.54) is 7.05 Å². The van der Waals surface area contributed by atoms with Crippen molar-refractivity contribution >= 4 is 23.4 Å². The Kier molecular flexibility index (Phi) is 11.0. The number of carboxylic acid groups (broad SMARTS) is 1. The standard InChI is InChI=1S/C21H29N5O3.C2HF3O2/c1-5-28-18-12-15(8-11-17(18)29-13(2)3)19(21(27)26(4)24)25-16-9-6-14(7-10-16)20(22)23;3-2(4,5)1(6)7/h6-13,19,25H,5,24H2,1-4H3,(H3,22,23);(H,6,7). The molecule has 2 aromatic carbocycles. The number of amidine groups is 1. The van der Waals surface area contributed by atoms with E-state index in [0.29, 0.717) is 34.9 Å². The van der Waals surface area contributed by atoms with Crippen molar-refractivity contribution in [3.8, 4) is 11.5 Å². The first-order valence-electron chi connectivity index (χ1n) is 10.6. The number of nitrogens with one attached hydrogen (secondary N) is 2. The number of nitrogens with zero attached hydrogens (tertiary/aromatic N) is 1. The molecule has 198 valence electrons. The molecule has 0 heterocycles. The largest absolute Gasteiger partial charge is 0.490 e. The molecule has 36 heavy (non-hydrogen) atoms. The van der Waals surface area contributed by atoms with Gasteiger partial charge in [0.05, 0.1) is 12.7 Å². The summed E-state index contributed by atoms with van der Waals surface area (Å²) in [6.07, 6.45) is -5.09. The predicted octanol–water partition coefficient (Wildman–Crippen LogP) is 3.28. The zero-order valence-corrected chi connectivity index (χ0v) is 20.2. The number of carboxylic acids is 1. The minimum Gasteiger partial charge on any atom is -0.490 e. The highest BCUT2D eigenvalue weighted by molar-refractivity contribution is 5.95. The molecule has 1 atom stereocenters. The number of aliphatic carboxylic acids is 1. The quantitative estimate of drug-likeness (QED) is 0.112. The first-order chi connectivity index (χ1) is 16.7. The molecular formula is C23H30F3N5O5. The van der Waals surface area contributed by atoms with Gasteiger partial charge in [-0.25, -0.2) is 10.6 Å². The number of amides is 1. The molecule has 0 saturated carbocycles. The number of hydrazine groups is 1. The first kappa shape index (κ1) is 30.0. The van der Waals surface area contributed by atoms with Crippen LogP contribution in [0.5, 0.6) is 11.5 Å². The van der Waals surface area contributed by atoms with Crippen molar-refractivity contribution < 1.29 is 37.3 Å². The molecule has 0 spiro atoms. The summed E-state index contributed by atoms with van der Waals surface area (Å²) in [5.41, 5.74) is 7.47. The maximum atomic E-state index is 12.8. The van der Waals surface area contributed by atoms with Crippen LogP contribution >= 0.6 is 0 Å². The van der Waals surface area contributed by atoms with E-state index in [4.69, 9.17) is 36.4 Å². The second-order valence-corrected chi connectivity index (χ2v) is 7.63. The van der Waals surface area contributed by atoms with Crippen LogP contribution in [0.3, 0.4) is 0 Å². The Morgan fingerprint density at radius 1 is 1.14 bits per heavy atom. The van der Waals surface area contributed by atoms with Crippen LogP contribution in [0.2, 0.25) is 0 Å². The second kappa shape index (κ2) is 13.2. The molecule has 0 aliphatic carbocycles. The zero-order valence-electron chi connectivity index (χ0n) is 20.2. The Labute approximate surface area is 206 Å². The Morgan fingerprint density at radius 3 is 2.11 bits per heavy atom. The molecule has 0 radical (unpaired) electrons. The Hall–Kier alpha value is -4.00. The molecule has 0 bridgehead atoms. The summed E-state index contributed by atoms with van der Waals surface area (Å²) in [5, 5.41) is 18.9. The summed E-state index contributed by atoms with van der Waals surface area (Å²) in [5.74, 6) is 3.81. The van der Waals surface area contributed by atoms with E-state index in [9.17, 15) is 18.0 Å². The maximum absolute atomic E-state index is 12.8. The average molecular weight is 514 g/mol. The molecule has 10 nitrogen and oxygen atoms in total. The molecule has 0 aromatic heterocycles. The van der Waals surface area contributed by atoms with E-state index < -0.39 is 18.2 Å². The number of anilines is 1. The number of hydrogen-bond donors (Lipinski definition) is 5. The van der Waals surface area contributed by atoms with Crippen molar-refractivity contribution in [1.29, 1.82) is 5.41 Å². The Morgan fingerprint density at radius 2 is 1.69 bits per heavy atom. The highest BCUT2D eigenvalue weighted by atomic mass is 19.4.